The summed E-state index contributed by atoms with van der Waals surface area (Å²) in [5.41, 5.74) is 6.60. The van der Waals surface area contributed by atoms with Crippen molar-refractivity contribution in [1.82, 2.24) is 4.90 Å². The van der Waals surface area contributed by atoms with E-state index in [0.717, 1.165) is 19.0 Å². The Balaban J connectivity index is 1.98. The molecule has 1 aromatic carbocycles. The minimum atomic E-state index is -0.254. The van der Waals surface area contributed by atoms with Gasteiger partial charge >= 0.3 is 0 Å². The number of thiocarbonyl (C=S) groups is 1. The van der Waals surface area contributed by atoms with E-state index in [1.807, 2.05) is 12.1 Å². The van der Waals surface area contributed by atoms with Gasteiger partial charge in [-0.05, 0) is 37.9 Å². The van der Waals surface area contributed by atoms with E-state index < -0.39 is 0 Å². The molecule has 2 rings (SSSR count). The Kier molecular flexibility index (Phi) is 5.49. The van der Waals surface area contributed by atoms with E-state index in [-0.39, 0.29) is 10.8 Å². The Labute approximate surface area is 126 Å². The van der Waals surface area contributed by atoms with Crippen LogP contribution >= 0.6 is 12.2 Å². The smallest absolute Gasteiger partial charge is 0.137 e. The van der Waals surface area contributed by atoms with E-state index in [2.05, 4.69) is 11.8 Å². The lowest BCUT2D eigenvalue weighted by molar-refractivity contribution is 0.170. The molecule has 1 aliphatic rings. The average Bonchev–Trinajstić information content (AvgIpc) is 2.43. The third-order valence-electron chi connectivity index (χ3n) is 4.14. The Morgan fingerprint density at radius 2 is 2.10 bits per heavy atom. The number of piperidine rings is 1. The zero-order valence-corrected chi connectivity index (χ0v) is 12.9. The Hall–Kier alpha value is -1.00. The molecule has 110 valence electrons. The summed E-state index contributed by atoms with van der Waals surface area (Å²) in [6, 6.07) is 5.31. The second kappa shape index (κ2) is 7.14. The first-order chi connectivity index (χ1) is 9.61. The lowest BCUT2D eigenvalue weighted by Gasteiger charge is -2.32. The van der Waals surface area contributed by atoms with E-state index in [1.54, 1.807) is 6.07 Å². The van der Waals surface area contributed by atoms with Crippen LogP contribution in [0.3, 0.4) is 0 Å². The van der Waals surface area contributed by atoms with Crippen molar-refractivity contribution in [2.75, 3.05) is 13.1 Å². The standard InChI is InChI=1S/C16H23FN2S/c1-2-4-12-7-9-19(10-8-12)11-13-5-3-6-14(15(13)17)16(18)20/h3,5-6,12H,2,4,7-11H2,1H3,(H2,18,20). The molecule has 1 saturated heterocycles. The van der Waals surface area contributed by atoms with Crippen LogP contribution in [0.4, 0.5) is 4.39 Å². The van der Waals surface area contributed by atoms with Crippen molar-refractivity contribution in [3.8, 4) is 0 Å². The van der Waals surface area contributed by atoms with Crippen molar-refractivity contribution in [1.29, 1.82) is 0 Å². The molecule has 0 aliphatic carbocycles. The third-order valence-corrected chi connectivity index (χ3v) is 4.36. The predicted octanol–water partition coefficient (Wildman–Crippen LogP) is 3.47. The predicted molar refractivity (Wildman–Crippen MR) is 85.2 cm³/mol. The number of hydrogen-bond acceptors (Lipinski definition) is 2. The molecule has 0 unspecified atom stereocenters. The number of hydrogen-bond donors (Lipinski definition) is 1. The van der Waals surface area contributed by atoms with Crippen LogP contribution in [0.2, 0.25) is 0 Å². The van der Waals surface area contributed by atoms with E-state index in [1.165, 1.54) is 25.7 Å². The summed E-state index contributed by atoms with van der Waals surface area (Å²) in [5, 5.41) is 0. The van der Waals surface area contributed by atoms with Gasteiger partial charge in [0.25, 0.3) is 0 Å². The normalized spacial score (nSPS) is 17.3. The Morgan fingerprint density at radius 3 is 2.70 bits per heavy atom. The van der Waals surface area contributed by atoms with Gasteiger partial charge in [0.1, 0.15) is 10.8 Å². The van der Waals surface area contributed by atoms with Crippen LogP contribution in [0.1, 0.15) is 43.7 Å². The molecule has 2 N–H and O–H groups in total. The molecule has 0 spiro atoms. The number of benzene rings is 1. The van der Waals surface area contributed by atoms with Crippen LogP contribution < -0.4 is 5.73 Å². The van der Waals surface area contributed by atoms with Crippen molar-refractivity contribution < 1.29 is 4.39 Å². The van der Waals surface area contributed by atoms with Crippen molar-refractivity contribution in [3.05, 3.63) is 35.1 Å². The molecule has 0 aromatic heterocycles. The van der Waals surface area contributed by atoms with E-state index in [0.29, 0.717) is 17.7 Å². The molecule has 1 aromatic rings. The van der Waals surface area contributed by atoms with Gasteiger partial charge in [-0.25, -0.2) is 4.39 Å². The fourth-order valence-electron chi connectivity index (χ4n) is 2.97. The number of halogens is 1. The maximum absolute atomic E-state index is 14.3. The second-order valence-corrected chi connectivity index (χ2v) is 6.09. The average molecular weight is 294 g/mol. The van der Waals surface area contributed by atoms with Gasteiger partial charge in [0, 0.05) is 17.7 Å². The van der Waals surface area contributed by atoms with Gasteiger partial charge in [-0.2, -0.15) is 0 Å². The third kappa shape index (κ3) is 3.76. The maximum Gasteiger partial charge on any atom is 0.137 e. The largest absolute Gasteiger partial charge is 0.389 e. The molecule has 1 aliphatic heterocycles. The number of likely N-dealkylation sites (tertiary alicyclic amines) is 1. The minimum absolute atomic E-state index is 0.131. The van der Waals surface area contributed by atoms with Crippen molar-refractivity contribution in [2.24, 2.45) is 11.7 Å². The van der Waals surface area contributed by atoms with E-state index in [4.69, 9.17) is 18.0 Å². The number of nitrogens with two attached hydrogens (primary N) is 1. The van der Waals surface area contributed by atoms with Crippen molar-refractivity contribution in [2.45, 2.75) is 39.2 Å². The number of nitrogens with zero attached hydrogens (tertiary/aromatic N) is 1. The zero-order chi connectivity index (χ0) is 14.5. The van der Waals surface area contributed by atoms with Crippen LogP contribution in [0.15, 0.2) is 18.2 Å². The van der Waals surface area contributed by atoms with E-state index in [9.17, 15) is 4.39 Å². The van der Waals surface area contributed by atoms with Crippen LogP contribution in [0.25, 0.3) is 0 Å². The summed E-state index contributed by atoms with van der Waals surface area (Å²) in [6.07, 6.45) is 5.03. The molecular weight excluding hydrogens is 271 g/mol. The first-order valence-corrected chi connectivity index (χ1v) is 7.82. The van der Waals surface area contributed by atoms with Crippen LogP contribution in [0, 0.1) is 11.7 Å². The maximum atomic E-state index is 14.3. The molecule has 0 bridgehead atoms. The van der Waals surface area contributed by atoms with Crippen LogP contribution in [-0.4, -0.2) is 23.0 Å². The monoisotopic (exact) mass is 294 g/mol. The van der Waals surface area contributed by atoms with Gasteiger partial charge in [0.05, 0.1) is 0 Å². The molecule has 4 heteroatoms. The second-order valence-electron chi connectivity index (χ2n) is 5.65. The highest BCUT2D eigenvalue weighted by Crippen LogP contribution is 2.24. The van der Waals surface area contributed by atoms with Crippen molar-refractivity contribution in [3.63, 3.8) is 0 Å². The van der Waals surface area contributed by atoms with Gasteiger partial charge in [-0.3, -0.25) is 4.90 Å². The summed E-state index contributed by atoms with van der Waals surface area (Å²) in [6.45, 7) is 5.01. The summed E-state index contributed by atoms with van der Waals surface area (Å²) in [4.78, 5) is 2.46. The highest BCUT2D eigenvalue weighted by molar-refractivity contribution is 7.80. The van der Waals surface area contributed by atoms with Gasteiger partial charge in [0.15, 0.2) is 0 Å². The van der Waals surface area contributed by atoms with Crippen LogP contribution in [0.5, 0.6) is 0 Å². The minimum Gasteiger partial charge on any atom is -0.389 e. The Bertz CT molecular complexity index is 468. The van der Waals surface area contributed by atoms with Gasteiger partial charge in [-0.1, -0.05) is 44.1 Å². The van der Waals surface area contributed by atoms with Gasteiger partial charge < -0.3 is 5.73 Å². The molecule has 2 nitrogen and oxygen atoms in total. The summed E-state index contributed by atoms with van der Waals surface area (Å²) < 4.78 is 14.3. The molecule has 1 heterocycles. The highest BCUT2D eigenvalue weighted by Gasteiger charge is 2.20. The summed E-state index contributed by atoms with van der Waals surface area (Å²) in [5.74, 6) is 0.597. The lowest BCUT2D eigenvalue weighted by Crippen LogP contribution is -2.33. The molecule has 0 saturated carbocycles. The fourth-order valence-corrected chi connectivity index (χ4v) is 3.13. The highest BCUT2D eigenvalue weighted by atomic mass is 32.1. The molecular formula is C16H23FN2S. The lowest BCUT2D eigenvalue weighted by atomic mass is 9.92. The quantitative estimate of drug-likeness (QED) is 0.843. The summed E-state index contributed by atoms with van der Waals surface area (Å²) >= 11 is 4.88. The fraction of sp³-hybridized carbons (Fsp3) is 0.562. The van der Waals surface area contributed by atoms with Gasteiger partial charge in [0.2, 0.25) is 0 Å². The summed E-state index contributed by atoms with van der Waals surface area (Å²) in [7, 11) is 0. The topological polar surface area (TPSA) is 29.3 Å². The zero-order valence-electron chi connectivity index (χ0n) is 12.1. The molecule has 1 fully saturated rings. The first-order valence-electron chi connectivity index (χ1n) is 7.41. The molecule has 0 amide bonds. The van der Waals surface area contributed by atoms with E-state index >= 15 is 0 Å². The first kappa shape index (κ1) is 15.4. The molecule has 0 radical (unpaired) electrons. The molecule has 20 heavy (non-hydrogen) atoms. The number of rotatable bonds is 5. The van der Waals surface area contributed by atoms with Crippen LogP contribution in [-0.2, 0) is 6.54 Å². The van der Waals surface area contributed by atoms with Gasteiger partial charge in [-0.15, -0.1) is 0 Å². The molecule has 0 atom stereocenters. The Morgan fingerprint density at radius 1 is 1.40 bits per heavy atom. The SMILES string of the molecule is CCCC1CCN(Cc2cccc(C(N)=S)c2F)CC1. The van der Waals surface area contributed by atoms with Crippen molar-refractivity contribution >= 4 is 17.2 Å².